The number of para-hydroxylation sites is 1. The van der Waals surface area contributed by atoms with Crippen LogP contribution in [-0.4, -0.2) is 23.7 Å². The van der Waals surface area contributed by atoms with Crippen molar-refractivity contribution in [3.63, 3.8) is 0 Å². The van der Waals surface area contributed by atoms with Crippen molar-refractivity contribution >= 4 is 10.9 Å². The first-order valence-corrected chi connectivity index (χ1v) is 6.94. The molecule has 0 bridgehead atoms. The fraction of sp³-hybridized carbons (Fsp3) is 0.438. The summed E-state index contributed by atoms with van der Waals surface area (Å²) in [6.45, 7) is 2.92. The molecule has 3 nitrogen and oxygen atoms in total. The number of benzene rings is 1. The Morgan fingerprint density at radius 1 is 1.37 bits per heavy atom. The molecule has 2 N–H and O–H groups in total. The van der Waals surface area contributed by atoms with E-state index < -0.39 is 0 Å². The molecular weight excluding hydrogens is 236 g/mol. The highest BCUT2D eigenvalue weighted by Crippen LogP contribution is 2.25. The number of pyridine rings is 1. The largest absolute Gasteiger partial charge is 0.378 e. The Bertz CT molecular complexity index is 564. The minimum absolute atomic E-state index is 0.163. The van der Waals surface area contributed by atoms with Crippen LogP contribution in [0.25, 0.3) is 10.9 Å². The highest BCUT2D eigenvalue weighted by atomic mass is 16.5. The minimum Gasteiger partial charge on any atom is -0.378 e. The third-order valence-electron chi connectivity index (χ3n) is 4.03. The van der Waals surface area contributed by atoms with Gasteiger partial charge >= 0.3 is 0 Å². The number of ether oxygens (including phenoxy) is 1. The molecule has 0 aliphatic carbocycles. The first-order chi connectivity index (χ1) is 9.24. The Morgan fingerprint density at radius 2 is 2.21 bits per heavy atom. The van der Waals surface area contributed by atoms with Gasteiger partial charge < -0.3 is 10.5 Å². The second-order valence-corrected chi connectivity index (χ2v) is 5.49. The predicted molar refractivity (Wildman–Crippen MR) is 76.9 cm³/mol. The molecule has 3 unspecified atom stereocenters. The summed E-state index contributed by atoms with van der Waals surface area (Å²) in [6, 6.07) is 10.5. The van der Waals surface area contributed by atoms with E-state index in [0.717, 1.165) is 25.0 Å². The van der Waals surface area contributed by atoms with Crippen LogP contribution < -0.4 is 5.73 Å². The van der Waals surface area contributed by atoms with Crippen molar-refractivity contribution in [3.05, 3.63) is 42.1 Å². The lowest BCUT2D eigenvalue weighted by molar-refractivity contribution is 0.118. The topological polar surface area (TPSA) is 48.1 Å². The Balaban J connectivity index is 1.81. The second-order valence-electron chi connectivity index (χ2n) is 5.49. The van der Waals surface area contributed by atoms with Crippen molar-refractivity contribution in [3.8, 4) is 0 Å². The Morgan fingerprint density at radius 3 is 3.00 bits per heavy atom. The lowest BCUT2D eigenvalue weighted by atomic mass is 9.91. The van der Waals surface area contributed by atoms with E-state index in [1.807, 2.05) is 18.3 Å². The fourth-order valence-electron chi connectivity index (χ4n) is 2.90. The number of fused-ring (bicyclic) bond motifs is 1. The molecule has 0 saturated carbocycles. The lowest BCUT2D eigenvalue weighted by Gasteiger charge is -2.18. The van der Waals surface area contributed by atoms with Gasteiger partial charge in [0.25, 0.3) is 0 Å². The summed E-state index contributed by atoms with van der Waals surface area (Å²) in [7, 11) is 0. The van der Waals surface area contributed by atoms with E-state index in [1.165, 1.54) is 10.9 Å². The Hall–Kier alpha value is -1.45. The number of hydrogen-bond acceptors (Lipinski definition) is 3. The maximum absolute atomic E-state index is 6.36. The van der Waals surface area contributed by atoms with Gasteiger partial charge in [0, 0.05) is 23.5 Å². The van der Waals surface area contributed by atoms with Gasteiger partial charge in [0.2, 0.25) is 0 Å². The normalized spacial score (nSPS) is 24.7. The average Bonchev–Trinajstić information content (AvgIpc) is 2.86. The molecule has 1 aromatic carbocycles. The zero-order chi connectivity index (χ0) is 13.2. The lowest BCUT2D eigenvalue weighted by Crippen LogP contribution is -2.32. The SMILES string of the molecule is CC1CC(C(N)Cc2ccnc3ccccc23)CO1. The van der Waals surface area contributed by atoms with Gasteiger partial charge in [-0.25, -0.2) is 0 Å². The summed E-state index contributed by atoms with van der Waals surface area (Å²) in [5.41, 5.74) is 8.70. The average molecular weight is 256 g/mol. The molecule has 2 aromatic rings. The van der Waals surface area contributed by atoms with Gasteiger partial charge in [-0.15, -0.1) is 0 Å². The molecule has 3 rings (SSSR count). The highest BCUT2D eigenvalue weighted by Gasteiger charge is 2.27. The van der Waals surface area contributed by atoms with Gasteiger partial charge in [-0.05, 0) is 37.5 Å². The van der Waals surface area contributed by atoms with Crippen LogP contribution in [0.5, 0.6) is 0 Å². The standard InChI is InChI=1S/C16H20N2O/c1-11-8-13(10-19-11)15(17)9-12-6-7-18-16-5-3-2-4-14(12)16/h2-7,11,13,15H,8-10,17H2,1H3. The summed E-state index contributed by atoms with van der Waals surface area (Å²) < 4.78 is 5.62. The quantitative estimate of drug-likeness (QED) is 0.918. The molecule has 3 atom stereocenters. The first-order valence-electron chi connectivity index (χ1n) is 6.94. The fourth-order valence-corrected chi connectivity index (χ4v) is 2.90. The van der Waals surface area contributed by atoms with Crippen LogP contribution in [-0.2, 0) is 11.2 Å². The molecule has 2 heterocycles. The van der Waals surface area contributed by atoms with Crippen molar-refractivity contribution < 1.29 is 4.74 Å². The molecular formula is C16H20N2O. The van der Waals surface area contributed by atoms with E-state index in [4.69, 9.17) is 10.5 Å². The Kier molecular flexibility index (Phi) is 3.49. The third-order valence-corrected chi connectivity index (χ3v) is 4.03. The number of aromatic nitrogens is 1. The van der Waals surface area contributed by atoms with E-state index in [1.54, 1.807) is 0 Å². The molecule has 1 aromatic heterocycles. The minimum atomic E-state index is 0.163. The molecule has 0 spiro atoms. The smallest absolute Gasteiger partial charge is 0.0704 e. The summed E-state index contributed by atoms with van der Waals surface area (Å²) >= 11 is 0. The van der Waals surface area contributed by atoms with E-state index in [9.17, 15) is 0 Å². The monoisotopic (exact) mass is 256 g/mol. The van der Waals surface area contributed by atoms with Gasteiger partial charge in [-0.3, -0.25) is 4.98 Å². The number of hydrogen-bond donors (Lipinski definition) is 1. The van der Waals surface area contributed by atoms with Gasteiger partial charge in [-0.2, -0.15) is 0 Å². The molecule has 0 radical (unpaired) electrons. The van der Waals surface area contributed by atoms with Crippen LogP contribution in [0.4, 0.5) is 0 Å². The number of nitrogens with two attached hydrogens (primary N) is 1. The summed E-state index contributed by atoms with van der Waals surface area (Å²) in [5, 5.41) is 1.22. The van der Waals surface area contributed by atoms with E-state index in [2.05, 4.69) is 30.1 Å². The van der Waals surface area contributed by atoms with E-state index in [-0.39, 0.29) is 6.04 Å². The van der Waals surface area contributed by atoms with Gasteiger partial charge in [0.1, 0.15) is 0 Å². The summed E-state index contributed by atoms with van der Waals surface area (Å²) in [4.78, 5) is 4.39. The summed E-state index contributed by atoms with van der Waals surface area (Å²) in [6.07, 6.45) is 4.19. The van der Waals surface area contributed by atoms with Crippen molar-refractivity contribution in [1.82, 2.24) is 4.98 Å². The van der Waals surface area contributed by atoms with Gasteiger partial charge in [0.05, 0.1) is 18.2 Å². The third kappa shape index (κ3) is 2.62. The second kappa shape index (κ2) is 5.27. The summed E-state index contributed by atoms with van der Waals surface area (Å²) in [5.74, 6) is 0.474. The molecule has 1 aliphatic rings. The molecule has 100 valence electrons. The zero-order valence-corrected chi connectivity index (χ0v) is 11.3. The van der Waals surface area contributed by atoms with Crippen molar-refractivity contribution in [2.75, 3.05) is 6.61 Å². The Labute approximate surface area is 113 Å². The number of nitrogens with zero attached hydrogens (tertiary/aromatic N) is 1. The van der Waals surface area contributed by atoms with Crippen LogP contribution in [0.1, 0.15) is 18.9 Å². The van der Waals surface area contributed by atoms with Crippen LogP contribution in [0.3, 0.4) is 0 Å². The van der Waals surface area contributed by atoms with Crippen molar-refractivity contribution in [2.45, 2.75) is 31.9 Å². The molecule has 1 fully saturated rings. The zero-order valence-electron chi connectivity index (χ0n) is 11.3. The van der Waals surface area contributed by atoms with Crippen LogP contribution in [0.2, 0.25) is 0 Å². The molecule has 0 amide bonds. The molecule has 3 heteroatoms. The van der Waals surface area contributed by atoms with Crippen LogP contribution in [0.15, 0.2) is 36.5 Å². The maximum atomic E-state index is 6.36. The number of rotatable bonds is 3. The molecule has 1 aliphatic heterocycles. The maximum Gasteiger partial charge on any atom is 0.0704 e. The van der Waals surface area contributed by atoms with Crippen molar-refractivity contribution in [1.29, 1.82) is 0 Å². The van der Waals surface area contributed by atoms with E-state index in [0.29, 0.717) is 12.0 Å². The van der Waals surface area contributed by atoms with E-state index >= 15 is 0 Å². The highest BCUT2D eigenvalue weighted by molar-refractivity contribution is 5.81. The molecule has 19 heavy (non-hydrogen) atoms. The van der Waals surface area contributed by atoms with Gasteiger partial charge in [0.15, 0.2) is 0 Å². The van der Waals surface area contributed by atoms with Crippen molar-refractivity contribution in [2.24, 2.45) is 11.7 Å². The van der Waals surface area contributed by atoms with Crippen LogP contribution >= 0.6 is 0 Å². The van der Waals surface area contributed by atoms with Crippen LogP contribution in [0, 0.1) is 5.92 Å². The molecule has 1 saturated heterocycles. The predicted octanol–water partition coefficient (Wildman–Crippen LogP) is 2.53. The first kappa shape index (κ1) is 12.6. The van der Waals surface area contributed by atoms with Gasteiger partial charge in [-0.1, -0.05) is 18.2 Å².